The third-order valence-electron chi connectivity index (χ3n) is 4.02. The molecule has 0 fully saturated rings. The van der Waals surface area contributed by atoms with Crippen LogP contribution in [0.1, 0.15) is 11.1 Å². The van der Waals surface area contributed by atoms with Gasteiger partial charge in [-0.3, -0.25) is 0 Å². The Balaban J connectivity index is 0.00000243. The van der Waals surface area contributed by atoms with E-state index in [0.717, 1.165) is 22.1 Å². The Bertz CT molecular complexity index is 915. The van der Waals surface area contributed by atoms with E-state index in [1.165, 1.54) is 22.5 Å². The van der Waals surface area contributed by atoms with Crippen LogP contribution in [0.5, 0.6) is 11.5 Å². The highest BCUT2D eigenvalue weighted by molar-refractivity contribution is 8.93. The summed E-state index contributed by atoms with van der Waals surface area (Å²) in [7, 11) is 3.18. The standard InChI is InChI=1S/C19H19ClN2O2S.BrH/c1-11-5-6-13(7-12(11)2)16-10-25-19(22-16)21-15-9-17(23-3)14(20)8-18(15)24-4;/h5-10H,1-4H3,(H,21,22);1H. The highest BCUT2D eigenvalue weighted by atomic mass is 79.9. The third kappa shape index (κ3) is 4.31. The van der Waals surface area contributed by atoms with E-state index in [2.05, 4.69) is 42.3 Å². The maximum atomic E-state index is 6.15. The summed E-state index contributed by atoms with van der Waals surface area (Å²) in [5.41, 5.74) is 5.33. The van der Waals surface area contributed by atoms with Crippen LogP contribution >= 0.6 is 39.9 Å². The van der Waals surface area contributed by atoms with Gasteiger partial charge >= 0.3 is 0 Å². The summed E-state index contributed by atoms with van der Waals surface area (Å²) in [5, 5.41) is 6.59. The maximum Gasteiger partial charge on any atom is 0.187 e. The third-order valence-corrected chi connectivity index (χ3v) is 5.08. The SMILES string of the molecule is Br.COc1cc(Nc2nc(-c3ccc(C)c(C)c3)cs2)c(OC)cc1Cl. The van der Waals surface area contributed by atoms with Crippen molar-refractivity contribution in [2.45, 2.75) is 13.8 Å². The number of benzene rings is 2. The van der Waals surface area contributed by atoms with Gasteiger partial charge in [0.1, 0.15) is 11.5 Å². The predicted molar refractivity (Wildman–Crippen MR) is 115 cm³/mol. The number of nitrogens with one attached hydrogen (secondary N) is 1. The number of ether oxygens (including phenoxy) is 2. The minimum atomic E-state index is 0. The van der Waals surface area contributed by atoms with Crippen molar-refractivity contribution in [1.82, 2.24) is 4.98 Å². The monoisotopic (exact) mass is 454 g/mol. The zero-order valence-electron chi connectivity index (χ0n) is 14.9. The molecule has 0 aliphatic rings. The molecular weight excluding hydrogens is 436 g/mol. The summed E-state index contributed by atoms with van der Waals surface area (Å²) in [4.78, 5) is 4.68. The smallest absolute Gasteiger partial charge is 0.187 e. The fourth-order valence-corrected chi connectivity index (χ4v) is 3.40. The molecule has 4 nitrogen and oxygen atoms in total. The van der Waals surface area contributed by atoms with Gasteiger partial charge < -0.3 is 14.8 Å². The first-order chi connectivity index (χ1) is 12.0. The van der Waals surface area contributed by atoms with Crippen molar-refractivity contribution in [3.63, 3.8) is 0 Å². The van der Waals surface area contributed by atoms with E-state index in [4.69, 9.17) is 21.1 Å². The number of hydrogen-bond acceptors (Lipinski definition) is 5. The quantitative estimate of drug-likeness (QED) is 0.482. The van der Waals surface area contributed by atoms with Gasteiger partial charge in [-0.05, 0) is 31.0 Å². The molecule has 0 radical (unpaired) electrons. The van der Waals surface area contributed by atoms with Crippen LogP contribution in [0.25, 0.3) is 11.3 Å². The lowest BCUT2D eigenvalue weighted by molar-refractivity contribution is 0.405. The van der Waals surface area contributed by atoms with Gasteiger partial charge in [-0.15, -0.1) is 28.3 Å². The van der Waals surface area contributed by atoms with Crippen LogP contribution in [0.3, 0.4) is 0 Å². The van der Waals surface area contributed by atoms with Crippen LogP contribution in [0.2, 0.25) is 5.02 Å². The van der Waals surface area contributed by atoms with Crippen molar-refractivity contribution in [3.8, 4) is 22.8 Å². The Hall–Kier alpha value is -1.76. The van der Waals surface area contributed by atoms with E-state index >= 15 is 0 Å². The number of halogens is 2. The predicted octanol–water partition coefficient (Wildman–Crippen LogP) is 6.42. The Labute approximate surface area is 172 Å². The van der Waals surface area contributed by atoms with E-state index in [9.17, 15) is 0 Å². The summed E-state index contributed by atoms with van der Waals surface area (Å²) < 4.78 is 10.7. The number of anilines is 2. The molecule has 1 aromatic heterocycles. The second-order valence-electron chi connectivity index (χ2n) is 5.65. The molecule has 0 saturated heterocycles. The first-order valence-electron chi connectivity index (χ1n) is 7.73. The zero-order valence-corrected chi connectivity index (χ0v) is 18.2. The Kier molecular flexibility index (Phi) is 6.92. The number of aryl methyl sites for hydroxylation is 2. The van der Waals surface area contributed by atoms with Gasteiger partial charge in [-0.1, -0.05) is 23.7 Å². The summed E-state index contributed by atoms with van der Waals surface area (Å²) >= 11 is 7.68. The summed E-state index contributed by atoms with van der Waals surface area (Å²) in [6.07, 6.45) is 0. The first-order valence-corrected chi connectivity index (χ1v) is 8.99. The number of hydrogen-bond donors (Lipinski definition) is 1. The fourth-order valence-electron chi connectivity index (χ4n) is 2.44. The molecule has 1 heterocycles. The van der Waals surface area contributed by atoms with Crippen molar-refractivity contribution in [3.05, 3.63) is 51.9 Å². The maximum absolute atomic E-state index is 6.15. The van der Waals surface area contributed by atoms with Crippen LogP contribution in [-0.2, 0) is 0 Å². The molecule has 3 rings (SSSR count). The molecule has 0 saturated carbocycles. The topological polar surface area (TPSA) is 43.4 Å². The normalized spacial score (nSPS) is 10.2. The van der Waals surface area contributed by atoms with E-state index in [1.54, 1.807) is 26.4 Å². The second kappa shape index (κ2) is 8.75. The molecule has 0 aliphatic heterocycles. The number of thiazole rings is 1. The largest absolute Gasteiger partial charge is 0.495 e. The molecular formula is C19H20BrClN2O2S. The Morgan fingerprint density at radius 1 is 1.00 bits per heavy atom. The minimum absolute atomic E-state index is 0. The lowest BCUT2D eigenvalue weighted by atomic mass is 10.1. The van der Waals surface area contributed by atoms with Crippen LogP contribution in [-0.4, -0.2) is 19.2 Å². The van der Waals surface area contributed by atoms with Crippen molar-refractivity contribution >= 4 is 50.7 Å². The minimum Gasteiger partial charge on any atom is -0.495 e. The van der Waals surface area contributed by atoms with Crippen LogP contribution in [0.4, 0.5) is 10.8 Å². The summed E-state index contributed by atoms with van der Waals surface area (Å²) in [6.45, 7) is 4.21. The molecule has 7 heteroatoms. The van der Waals surface area contributed by atoms with Gasteiger partial charge in [0, 0.05) is 23.1 Å². The van der Waals surface area contributed by atoms with E-state index < -0.39 is 0 Å². The Morgan fingerprint density at radius 3 is 2.38 bits per heavy atom. The summed E-state index contributed by atoms with van der Waals surface area (Å²) in [6, 6.07) is 9.89. The zero-order chi connectivity index (χ0) is 18.0. The molecule has 3 aromatic rings. The van der Waals surface area contributed by atoms with Crippen molar-refractivity contribution in [2.75, 3.05) is 19.5 Å². The molecule has 2 aromatic carbocycles. The van der Waals surface area contributed by atoms with Gasteiger partial charge in [-0.2, -0.15) is 0 Å². The van der Waals surface area contributed by atoms with Gasteiger partial charge in [0.05, 0.1) is 30.6 Å². The van der Waals surface area contributed by atoms with Crippen molar-refractivity contribution in [1.29, 1.82) is 0 Å². The lowest BCUT2D eigenvalue weighted by Crippen LogP contribution is -1.96. The number of methoxy groups -OCH3 is 2. The highest BCUT2D eigenvalue weighted by Gasteiger charge is 2.12. The van der Waals surface area contributed by atoms with E-state index in [1.807, 2.05) is 5.38 Å². The van der Waals surface area contributed by atoms with Gasteiger partial charge in [-0.25, -0.2) is 4.98 Å². The molecule has 1 N–H and O–H groups in total. The van der Waals surface area contributed by atoms with Crippen molar-refractivity contribution in [2.24, 2.45) is 0 Å². The average Bonchev–Trinajstić information content (AvgIpc) is 3.07. The molecule has 138 valence electrons. The van der Waals surface area contributed by atoms with Crippen LogP contribution in [0.15, 0.2) is 35.7 Å². The highest BCUT2D eigenvalue weighted by Crippen LogP contribution is 2.38. The summed E-state index contributed by atoms with van der Waals surface area (Å²) in [5.74, 6) is 1.21. The molecule has 0 amide bonds. The average molecular weight is 456 g/mol. The molecule has 0 bridgehead atoms. The molecule has 0 spiro atoms. The molecule has 0 unspecified atom stereocenters. The number of rotatable bonds is 5. The second-order valence-corrected chi connectivity index (χ2v) is 6.91. The van der Waals surface area contributed by atoms with Crippen LogP contribution in [0, 0.1) is 13.8 Å². The van der Waals surface area contributed by atoms with Crippen molar-refractivity contribution < 1.29 is 9.47 Å². The lowest BCUT2D eigenvalue weighted by Gasteiger charge is -2.12. The fraction of sp³-hybridized carbons (Fsp3) is 0.211. The number of aromatic nitrogens is 1. The van der Waals surface area contributed by atoms with E-state index in [0.29, 0.717) is 16.5 Å². The van der Waals surface area contributed by atoms with Gasteiger partial charge in [0.15, 0.2) is 5.13 Å². The first kappa shape index (κ1) is 20.6. The van der Waals surface area contributed by atoms with Gasteiger partial charge in [0.25, 0.3) is 0 Å². The number of nitrogens with zero attached hydrogens (tertiary/aromatic N) is 1. The molecule has 26 heavy (non-hydrogen) atoms. The van der Waals surface area contributed by atoms with E-state index in [-0.39, 0.29) is 17.0 Å². The van der Waals surface area contributed by atoms with Crippen LogP contribution < -0.4 is 14.8 Å². The van der Waals surface area contributed by atoms with Gasteiger partial charge in [0.2, 0.25) is 0 Å². The Morgan fingerprint density at radius 2 is 1.73 bits per heavy atom. The molecule has 0 aliphatic carbocycles. The molecule has 0 atom stereocenters.